The van der Waals surface area contributed by atoms with Crippen molar-refractivity contribution in [1.29, 1.82) is 0 Å². The highest BCUT2D eigenvalue weighted by Gasteiger charge is 2.36. The minimum absolute atomic E-state index is 0.200. The van der Waals surface area contributed by atoms with E-state index in [-0.39, 0.29) is 12.6 Å². The highest BCUT2D eigenvalue weighted by Crippen LogP contribution is 2.20. The van der Waals surface area contributed by atoms with E-state index in [1.54, 1.807) is 13.8 Å². The van der Waals surface area contributed by atoms with E-state index in [0.717, 1.165) is 0 Å². The van der Waals surface area contributed by atoms with Crippen molar-refractivity contribution in [2.75, 3.05) is 19.6 Å². The fraction of sp³-hybridized carbons (Fsp3) is 0.833. The van der Waals surface area contributed by atoms with Crippen LogP contribution in [0.5, 0.6) is 0 Å². The van der Waals surface area contributed by atoms with Gasteiger partial charge in [-0.15, -0.1) is 0 Å². The summed E-state index contributed by atoms with van der Waals surface area (Å²) in [5.41, 5.74) is -0.982. The van der Waals surface area contributed by atoms with Crippen molar-refractivity contribution in [3.8, 4) is 0 Å². The van der Waals surface area contributed by atoms with Gasteiger partial charge in [-0.3, -0.25) is 0 Å². The molecular weight excluding hydrogens is 236 g/mol. The summed E-state index contributed by atoms with van der Waals surface area (Å²) in [5.74, 6) is -0.958. The molecule has 0 aromatic carbocycles. The lowest BCUT2D eigenvalue weighted by Crippen LogP contribution is -2.51. The molecule has 1 aliphatic rings. The maximum absolute atomic E-state index is 12.2. The van der Waals surface area contributed by atoms with E-state index >= 15 is 0 Å². The summed E-state index contributed by atoms with van der Waals surface area (Å²) in [6, 6.07) is -1.03. The third kappa shape index (κ3) is 3.60. The zero-order valence-corrected chi connectivity index (χ0v) is 11.2. The molecule has 1 atom stereocenters. The molecule has 6 heteroatoms. The topological polar surface area (TPSA) is 81.1 Å². The first-order valence-electron chi connectivity index (χ1n) is 6.27. The first kappa shape index (κ1) is 14.8. The van der Waals surface area contributed by atoms with Gasteiger partial charge in [0.05, 0.1) is 12.1 Å². The lowest BCUT2D eigenvalue weighted by atomic mass is 10.1. The quantitative estimate of drug-likeness (QED) is 0.779. The van der Waals surface area contributed by atoms with Crippen LogP contribution in [0, 0.1) is 0 Å². The number of aliphatic hydroxyl groups is 1. The maximum atomic E-state index is 12.2. The minimum Gasteiger partial charge on any atom is -0.480 e. The van der Waals surface area contributed by atoms with Crippen molar-refractivity contribution < 1.29 is 19.8 Å². The average molecular weight is 258 g/mol. The number of carbonyl (C=O) groups excluding carboxylic acids is 1. The van der Waals surface area contributed by atoms with E-state index in [1.807, 2.05) is 6.92 Å². The number of nitrogens with zero attached hydrogens (tertiary/aromatic N) is 2. The van der Waals surface area contributed by atoms with Gasteiger partial charge in [0.1, 0.15) is 6.04 Å². The third-order valence-electron chi connectivity index (χ3n) is 3.01. The molecule has 1 rings (SSSR count). The number of carboxylic acids is 1. The van der Waals surface area contributed by atoms with Crippen molar-refractivity contribution in [1.82, 2.24) is 9.80 Å². The summed E-state index contributed by atoms with van der Waals surface area (Å²) < 4.78 is 0. The summed E-state index contributed by atoms with van der Waals surface area (Å²) in [5, 5.41) is 18.8. The molecule has 0 unspecified atom stereocenters. The maximum Gasteiger partial charge on any atom is 0.326 e. The van der Waals surface area contributed by atoms with Gasteiger partial charge in [-0.25, -0.2) is 9.59 Å². The Morgan fingerprint density at radius 3 is 2.50 bits per heavy atom. The number of likely N-dealkylation sites (N-methyl/N-ethyl adjacent to an activating group) is 1. The van der Waals surface area contributed by atoms with Crippen molar-refractivity contribution in [3.63, 3.8) is 0 Å². The number of hydrogen-bond acceptors (Lipinski definition) is 3. The van der Waals surface area contributed by atoms with Gasteiger partial charge >= 0.3 is 12.0 Å². The van der Waals surface area contributed by atoms with Crippen LogP contribution in [-0.4, -0.2) is 63.3 Å². The van der Waals surface area contributed by atoms with Gasteiger partial charge in [0.2, 0.25) is 0 Å². The Hall–Kier alpha value is -1.30. The molecule has 1 fully saturated rings. The summed E-state index contributed by atoms with van der Waals surface area (Å²) in [6.45, 7) is 6.19. The average Bonchev–Trinajstić information content (AvgIpc) is 2.72. The Morgan fingerprint density at radius 2 is 2.06 bits per heavy atom. The van der Waals surface area contributed by atoms with Crippen molar-refractivity contribution in [2.45, 2.75) is 45.3 Å². The molecule has 1 saturated heterocycles. The molecule has 0 spiro atoms. The molecule has 6 nitrogen and oxygen atoms in total. The molecule has 0 aromatic heterocycles. The zero-order valence-electron chi connectivity index (χ0n) is 11.2. The number of aliphatic carboxylic acids is 1. The minimum atomic E-state index is -0.982. The standard InChI is InChI=1S/C12H22N2O4/c1-4-13(8-12(2,3)18)11(17)14-7-5-6-9(14)10(15)16/h9,18H,4-8H2,1-3H3,(H,15,16)/t9-/m1/s1. The van der Waals surface area contributed by atoms with Gasteiger partial charge in [-0.1, -0.05) is 0 Å². The van der Waals surface area contributed by atoms with Crippen LogP contribution in [-0.2, 0) is 4.79 Å². The molecule has 104 valence electrons. The molecule has 0 radical (unpaired) electrons. The number of carbonyl (C=O) groups is 2. The number of urea groups is 1. The summed E-state index contributed by atoms with van der Waals surface area (Å²) in [4.78, 5) is 26.2. The van der Waals surface area contributed by atoms with E-state index in [0.29, 0.717) is 25.9 Å². The summed E-state index contributed by atoms with van der Waals surface area (Å²) >= 11 is 0. The summed E-state index contributed by atoms with van der Waals surface area (Å²) in [7, 11) is 0. The highest BCUT2D eigenvalue weighted by molar-refractivity contribution is 5.83. The zero-order chi connectivity index (χ0) is 13.9. The fourth-order valence-corrected chi connectivity index (χ4v) is 2.22. The second-order valence-corrected chi connectivity index (χ2v) is 5.30. The fourth-order valence-electron chi connectivity index (χ4n) is 2.22. The van der Waals surface area contributed by atoms with Crippen molar-refractivity contribution in [2.24, 2.45) is 0 Å². The Labute approximate surface area is 107 Å². The number of carboxylic acid groups (broad SMARTS) is 1. The lowest BCUT2D eigenvalue weighted by molar-refractivity contribution is -0.141. The van der Waals surface area contributed by atoms with Gasteiger partial charge in [0.25, 0.3) is 0 Å². The summed E-state index contributed by atoms with van der Waals surface area (Å²) in [6.07, 6.45) is 1.21. The van der Waals surface area contributed by atoms with Crippen LogP contribution in [0.2, 0.25) is 0 Å². The van der Waals surface area contributed by atoms with Crippen LogP contribution < -0.4 is 0 Å². The molecule has 0 saturated carbocycles. The van der Waals surface area contributed by atoms with Gasteiger partial charge < -0.3 is 20.0 Å². The van der Waals surface area contributed by atoms with Crippen LogP contribution in [0.3, 0.4) is 0 Å². The second kappa shape index (κ2) is 5.56. The van der Waals surface area contributed by atoms with Crippen molar-refractivity contribution in [3.05, 3.63) is 0 Å². The Morgan fingerprint density at radius 1 is 1.44 bits per heavy atom. The van der Waals surface area contributed by atoms with E-state index < -0.39 is 17.6 Å². The van der Waals surface area contributed by atoms with Gasteiger partial charge in [0, 0.05) is 13.1 Å². The number of likely N-dealkylation sites (tertiary alicyclic amines) is 1. The highest BCUT2D eigenvalue weighted by atomic mass is 16.4. The predicted molar refractivity (Wildman–Crippen MR) is 66.3 cm³/mol. The van der Waals surface area contributed by atoms with Gasteiger partial charge in [0.15, 0.2) is 0 Å². The van der Waals surface area contributed by atoms with E-state index in [2.05, 4.69) is 0 Å². The predicted octanol–water partition coefficient (Wildman–Crippen LogP) is 0.748. The third-order valence-corrected chi connectivity index (χ3v) is 3.01. The number of amides is 2. The van der Waals surface area contributed by atoms with Gasteiger partial charge in [-0.05, 0) is 33.6 Å². The van der Waals surface area contributed by atoms with Crippen LogP contribution >= 0.6 is 0 Å². The smallest absolute Gasteiger partial charge is 0.326 e. The van der Waals surface area contributed by atoms with Crippen LogP contribution in [0.4, 0.5) is 4.79 Å². The molecule has 1 heterocycles. The van der Waals surface area contributed by atoms with Crippen LogP contribution in [0.1, 0.15) is 33.6 Å². The second-order valence-electron chi connectivity index (χ2n) is 5.30. The first-order valence-corrected chi connectivity index (χ1v) is 6.27. The molecule has 0 aromatic rings. The Balaban J connectivity index is 2.74. The number of rotatable bonds is 4. The van der Waals surface area contributed by atoms with E-state index in [9.17, 15) is 14.7 Å². The lowest BCUT2D eigenvalue weighted by Gasteiger charge is -2.33. The van der Waals surface area contributed by atoms with E-state index in [4.69, 9.17) is 5.11 Å². The first-order chi connectivity index (χ1) is 8.26. The van der Waals surface area contributed by atoms with E-state index in [1.165, 1.54) is 9.80 Å². The van der Waals surface area contributed by atoms with Gasteiger partial charge in [-0.2, -0.15) is 0 Å². The van der Waals surface area contributed by atoms with Crippen molar-refractivity contribution >= 4 is 12.0 Å². The normalized spacial score (nSPS) is 20.0. The molecule has 2 amide bonds. The SMILES string of the molecule is CCN(CC(C)(C)O)C(=O)N1CCC[C@@H]1C(=O)O. The Kier molecular flexibility index (Phi) is 4.56. The number of hydrogen-bond donors (Lipinski definition) is 2. The molecular formula is C12H22N2O4. The molecule has 2 N–H and O–H groups in total. The van der Waals surface area contributed by atoms with Crippen LogP contribution in [0.25, 0.3) is 0 Å². The molecule has 0 bridgehead atoms. The van der Waals surface area contributed by atoms with Crippen LogP contribution in [0.15, 0.2) is 0 Å². The molecule has 1 aliphatic heterocycles. The molecule has 0 aliphatic carbocycles. The largest absolute Gasteiger partial charge is 0.480 e. The molecule has 18 heavy (non-hydrogen) atoms. The monoisotopic (exact) mass is 258 g/mol. The Bertz CT molecular complexity index is 325.